The fourth-order valence-corrected chi connectivity index (χ4v) is 2.73. The first-order valence-electron chi connectivity index (χ1n) is 6.48. The first-order valence-corrected chi connectivity index (χ1v) is 7.36. The van der Waals surface area contributed by atoms with Gasteiger partial charge in [-0.05, 0) is 13.0 Å². The summed E-state index contributed by atoms with van der Waals surface area (Å²) in [6.07, 6.45) is 1.15. The Labute approximate surface area is 111 Å². The fourth-order valence-electron chi connectivity index (χ4n) is 2.15. The van der Waals surface area contributed by atoms with Crippen LogP contribution in [0.15, 0.2) is 10.2 Å². The SMILES string of the molecule is CCCNC1COCC1CNCc1csc(=O)[nH]1. The van der Waals surface area contributed by atoms with Gasteiger partial charge in [0.15, 0.2) is 0 Å². The van der Waals surface area contributed by atoms with Gasteiger partial charge in [-0.1, -0.05) is 18.3 Å². The summed E-state index contributed by atoms with van der Waals surface area (Å²) in [6, 6.07) is 0.457. The molecule has 18 heavy (non-hydrogen) atoms. The minimum Gasteiger partial charge on any atom is -0.379 e. The van der Waals surface area contributed by atoms with E-state index >= 15 is 0 Å². The third-order valence-corrected chi connectivity index (χ3v) is 3.87. The highest BCUT2D eigenvalue weighted by atomic mass is 32.1. The fraction of sp³-hybridized carbons (Fsp3) is 0.750. The molecular formula is C12H21N3O2S. The molecule has 0 aromatic carbocycles. The molecule has 2 rings (SSSR count). The zero-order valence-electron chi connectivity index (χ0n) is 10.7. The molecule has 1 saturated heterocycles. The van der Waals surface area contributed by atoms with Crippen LogP contribution >= 0.6 is 11.3 Å². The van der Waals surface area contributed by atoms with E-state index in [4.69, 9.17) is 4.74 Å². The number of aromatic nitrogens is 1. The predicted octanol–water partition coefficient (Wildman–Crippen LogP) is 0.541. The summed E-state index contributed by atoms with van der Waals surface area (Å²) in [4.78, 5) is 13.8. The number of hydrogen-bond acceptors (Lipinski definition) is 5. The molecule has 0 aliphatic carbocycles. The van der Waals surface area contributed by atoms with Crippen LogP contribution in [0.2, 0.25) is 0 Å². The Bertz CT molecular complexity index is 404. The number of ether oxygens (including phenoxy) is 1. The lowest BCUT2D eigenvalue weighted by Crippen LogP contribution is -2.40. The number of thiazole rings is 1. The maximum atomic E-state index is 11.0. The van der Waals surface area contributed by atoms with Crippen LogP contribution in [0.5, 0.6) is 0 Å². The number of aromatic amines is 1. The van der Waals surface area contributed by atoms with E-state index in [0.717, 1.165) is 45.0 Å². The van der Waals surface area contributed by atoms with Crippen LogP contribution in [0.1, 0.15) is 19.0 Å². The quantitative estimate of drug-likeness (QED) is 0.677. The number of hydrogen-bond donors (Lipinski definition) is 3. The second-order valence-electron chi connectivity index (χ2n) is 4.66. The van der Waals surface area contributed by atoms with E-state index in [9.17, 15) is 4.79 Å². The monoisotopic (exact) mass is 271 g/mol. The third-order valence-electron chi connectivity index (χ3n) is 3.15. The molecule has 2 atom stereocenters. The van der Waals surface area contributed by atoms with Gasteiger partial charge in [-0.3, -0.25) is 4.79 Å². The normalized spacial score (nSPS) is 23.6. The zero-order valence-corrected chi connectivity index (χ0v) is 11.5. The van der Waals surface area contributed by atoms with Crippen molar-refractivity contribution in [2.75, 3.05) is 26.3 Å². The average molecular weight is 271 g/mol. The van der Waals surface area contributed by atoms with Crippen LogP contribution in [-0.2, 0) is 11.3 Å². The second-order valence-corrected chi connectivity index (χ2v) is 5.50. The Morgan fingerprint density at radius 3 is 3.17 bits per heavy atom. The lowest BCUT2D eigenvalue weighted by Gasteiger charge is -2.19. The van der Waals surface area contributed by atoms with Gasteiger partial charge in [0, 0.05) is 36.1 Å². The predicted molar refractivity (Wildman–Crippen MR) is 73.0 cm³/mol. The molecule has 1 aliphatic heterocycles. The molecule has 1 fully saturated rings. The summed E-state index contributed by atoms with van der Waals surface area (Å²) in [5, 5.41) is 8.76. The largest absolute Gasteiger partial charge is 0.379 e. The topological polar surface area (TPSA) is 66.2 Å². The van der Waals surface area contributed by atoms with Crippen molar-refractivity contribution in [1.29, 1.82) is 0 Å². The van der Waals surface area contributed by atoms with E-state index in [-0.39, 0.29) is 4.87 Å². The lowest BCUT2D eigenvalue weighted by molar-refractivity contribution is 0.182. The molecule has 6 heteroatoms. The summed E-state index contributed by atoms with van der Waals surface area (Å²) in [7, 11) is 0. The average Bonchev–Trinajstić information content (AvgIpc) is 2.96. The van der Waals surface area contributed by atoms with Gasteiger partial charge in [-0.25, -0.2) is 0 Å². The number of rotatable bonds is 7. The van der Waals surface area contributed by atoms with Crippen LogP contribution in [0, 0.1) is 5.92 Å². The molecule has 3 N–H and O–H groups in total. The van der Waals surface area contributed by atoms with Crippen molar-refractivity contribution in [3.63, 3.8) is 0 Å². The van der Waals surface area contributed by atoms with E-state index in [1.807, 2.05) is 5.38 Å². The van der Waals surface area contributed by atoms with Crippen molar-refractivity contribution < 1.29 is 4.74 Å². The molecule has 0 spiro atoms. The molecule has 5 nitrogen and oxygen atoms in total. The van der Waals surface area contributed by atoms with Crippen molar-refractivity contribution in [1.82, 2.24) is 15.6 Å². The van der Waals surface area contributed by atoms with E-state index in [1.165, 1.54) is 11.3 Å². The maximum Gasteiger partial charge on any atom is 0.304 e. The molecule has 2 heterocycles. The highest BCUT2D eigenvalue weighted by Gasteiger charge is 2.26. The molecule has 1 aromatic heterocycles. The van der Waals surface area contributed by atoms with Gasteiger partial charge < -0.3 is 20.4 Å². The Balaban J connectivity index is 1.70. The highest BCUT2D eigenvalue weighted by molar-refractivity contribution is 7.07. The van der Waals surface area contributed by atoms with E-state index in [2.05, 4.69) is 22.5 Å². The molecule has 0 saturated carbocycles. The molecule has 1 aliphatic rings. The molecule has 2 unspecified atom stereocenters. The Morgan fingerprint density at radius 2 is 2.44 bits per heavy atom. The van der Waals surface area contributed by atoms with Gasteiger partial charge in [0.25, 0.3) is 0 Å². The lowest BCUT2D eigenvalue weighted by atomic mass is 10.0. The van der Waals surface area contributed by atoms with Gasteiger partial charge in [0.2, 0.25) is 0 Å². The minimum absolute atomic E-state index is 0.0125. The van der Waals surface area contributed by atoms with E-state index in [1.54, 1.807) is 0 Å². The summed E-state index contributed by atoms with van der Waals surface area (Å²) in [5.41, 5.74) is 0.960. The smallest absolute Gasteiger partial charge is 0.304 e. The van der Waals surface area contributed by atoms with Crippen molar-refractivity contribution >= 4 is 11.3 Å². The minimum atomic E-state index is 0.0125. The Hall–Kier alpha value is -0.690. The van der Waals surface area contributed by atoms with Crippen LogP contribution in [0.25, 0.3) is 0 Å². The van der Waals surface area contributed by atoms with Crippen LogP contribution in [-0.4, -0.2) is 37.3 Å². The standard InChI is InChI=1S/C12H21N3O2S/c1-2-3-14-11-7-17-6-9(11)4-13-5-10-8-18-12(16)15-10/h8-9,11,13-14H,2-7H2,1H3,(H,15,16). The van der Waals surface area contributed by atoms with Crippen molar-refractivity contribution in [2.45, 2.75) is 25.9 Å². The number of nitrogens with one attached hydrogen (secondary N) is 3. The summed E-state index contributed by atoms with van der Waals surface area (Å²) < 4.78 is 5.52. The van der Waals surface area contributed by atoms with Gasteiger partial charge in [0.05, 0.1) is 13.2 Å². The Kier molecular flexibility index (Phi) is 5.37. The third kappa shape index (κ3) is 3.91. The van der Waals surface area contributed by atoms with Crippen molar-refractivity contribution in [2.24, 2.45) is 5.92 Å². The maximum absolute atomic E-state index is 11.0. The van der Waals surface area contributed by atoms with Crippen molar-refractivity contribution in [3.05, 3.63) is 20.7 Å². The van der Waals surface area contributed by atoms with E-state index < -0.39 is 0 Å². The number of H-pyrrole nitrogens is 1. The van der Waals surface area contributed by atoms with Gasteiger partial charge in [-0.2, -0.15) is 0 Å². The Morgan fingerprint density at radius 1 is 1.56 bits per heavy atom. The summed E-state index contributed by atoms with van der Waals surface area (Å²) in [5.74, 6) is 0.516. The molecular weight excluding hydrogens is 250 g/mol. The first kappa shape index (κ1) is 13.7. The van der Waals surface area contributed by atoms with Crippen LogP contribution in [0.4, 0.5) is 0 Å². The summed E-state index contributed by atoms with van der Waals surface area (Å²) in [6.45, 7) is 6.47. The molecule has 102 valence electrons. The zero-order chi connectivity index (χ0) is 12.8. The van der Waals surface area contributed by atoms with Crippen LogP contribution in [0.3, 0.4) is 0 Å². The van der Waals surface area contributed by atoms with Gasteiger partial charge in [-0.15, -0.1) is 0 Å². The second kappa shape index (κ2) is 7.04. The van der Waals surface area contributed by atoms with E-state index in [0.29, 0.717) is 12.0 Å². The van der Waals surface area contributed by atoms with Gasteiger partial charge in [0.1, 0.15) is 0 Å². The summed E-state index contributed by atoms with van der Waals surface area (Å²) >= 11 is 1.21. The molecule has 1 aromatic rings. The highest BCUT2D eigenvalue weighted by Crippen LogP contribution is 2.12. The van der Waals surface area contributed by atoms with Crippen molar-refractivity contribution in [3.8, 4) is 0 Å². The first-order chi connectivity index (χ1) is 8.79. The molecule has 0 radical (unpaired) electrons. The van der Waals surface area contributed by atoms with Crippen LogP contribution < -0.4 is 15.5 Å². The molecule has 0 amide bonds. The molecule has 0 bridgehead atoms. The van der Waals surface area contributed by atoms with Gasteiger partial charge >= 0.3 is 4.87 Å².